The van der Waals surface area contributed by atoms with Gasteiger partial charge in [-0.15, -0.1) is 0 Å². The van der Waals surface area contributed by atoms with Gasteiger partial charge in [-0.2, -0.15) is 0 Å². The Morgan fingerprint density at radius 3 is 2.25 bits per heavy atom. The third-order valence-electron chi connectivity index (χ3n) is 2.42. The smallest absolute Gasteiger partial charge is 0.183 e. The average molecular weight is 176 g/mol. The summed E-state index contributed by atoms with van der Waals surface area (Å²) < 4.78 is 10.1. The van der Waals surface area contributed by atoms with E-state index in [-0.39, 0.29) is 12.0 Å². The van der Waals surface area contributed by atoms with Gasteiger partial charge in [0.15, 0.2) is 6.29 Å². The molecule has 1 aliphatic rings. The van der Waals surface area contributed by atoms with Crippen LogP contribution in [0.1, 0.15) is 13.8 Å². The molecule has 1 heterocycles. The van der Waals surface area contributed by atoms with Gasteiger partial charge in [0.1, 0.15) is 6.10 Å². The average Bonchev–Trinajstić information content (AvgIpc) is 2.08. The second-order valence-electron chi connectivity index (χ2n) is 3.29. The first-order valence-electron chi connectivity index (χ1n) is 4.12. The van der Waals surface area contributed by atoms with Crippen LogP contribution in [-0.4, -0.2) is 41.9 Å². The topological polar surface area (TPSA) is 58.9 Å². The first-order valence-corrected chi connectivity index (χ1v) is 4.12. The molecule has 0 unspecified atom stereocenters. The van der Waals surface area contributed by atoms with Crippen molar-refractivity contribution >= 4 is 0 Å². The fourth-order valence-corrected chi connectivity index (χ4v) is 1.44. The van der Waals surface area contributed by atoms with Gasteiger partial charge in [-0.05, 0) is 6.92 Å². The molecule has 2 N–H and O–H groups in total. The number of methoxy groups -OCH3 is 1. The minimum Gasteiger partial charge on any atom is -0.390 e. The van der Waals surface area contributed by atoms with Crippen LogP contribution in [0.25, 0.3) is 0 Å². The fraction of sp³-hybridized carbons (Fsp3) is 1.00. The Morgan fingerprint density at radius 2 is 1.75 bits per heavy atom. The molecule has 0 aromatic heterocycles. The molecule has 0 aliphatic carbocycles. The molecule has 0 saturated carbocycles. The molecular formula is C8H16O4. The summed E-state index contributed by atoms with van der Waals surface area (Å²) in [5, 5.41) is 19.0. The lowest BCUT2D eigenvalue weighted by atomic mass is 9.91. The van der Waals surface area contributed by atoms with E-state index < -0.39 is 18.5 Å². The molecule has 0 spiro atoms. The summed E-state index contributed by atoms with van der Waals surface area (Å²) in [4.78, 5) is 0. The van der Waals surface area contributed by atoms with Crippen LogP contribution in [0.15, 0.2) is 0 Å². The van der Waals surface area contributed by atoms with E-state index in [0.717, 1.165) is 0 Å². The zero-order valence-electron chi connectivity index (χ0n) is 7.60. The minimum absolute atomic E-state index is 0.210. The van der Waals surface area contributed by atoms with E-state index in [1.54, 1.807) is 13.8 Å². The van der Waals surface area contributed by atoms with Gasteiger partial charge in [0.25, 0.3) is 0 Å². The highest BCUT2D eigenvalue weighted by Gasteiger charge is 2.39. The van der Waals surface area contributed by atoms with E-state index in [9.17, 15) is 10.2 Å². The lowest BCUT2D eigenvalue weighted by Gasteiger charge is -2.39. The molecule has 1 saturated heterocycles. The van der Waals surface area contributed by atoms with Crippen molar-refractivity contribution in [3.63, 3.8) is 0 Å². The molecule has 0 amide bonds. The number of aliphatic hydroxyl groups is 2. The normalized spacial score (nSPS) is 49.2. The van der Waals surface area contributed by atoms with Crippen molar-refractivity contribution in [2.24, 2.45) is 5.92 Å². The monoisotopic (exact) mass is 176 g/mol. The molecule has 12 heavy (non-hydrogen) atoms. The van der Waals surface area contributed by atoms with Crippen LogP contribution >= 0.6 is 0 Å². The van der Waals surface area contributed by atoms with E-state index in [0.29, 0.717) is 0 Å². The Labute approximate surface area is 72.1 Å². The highest BCUT2D eigenvalue weighted by molar-refractivity contribution is 4.84. The summed E-state index contributed by atoms with van der Waals surface area (Å²) >= 11 is 0. The maximum atomic E-state index is 9.52. The molecular weight excluding hydrogens is 160 g/mol. The number of hydrogen-bond donors (Lipinski definition) is 2. The van der Waals surface area contributed by atoms with Gasteiger partial charge < -0.3 is 19.7 Å². The molecule has 1 rings (SSSR count). The lowest BCUT2D eigenvalue weighted by molar-refractivity contribution is -0.270. The van der Waals surface area contributed by atoms with E-state index in [1.165, 1.54) is 7.11 Å². The predicted octanol–water partition coefficient (Wildman–Crippen LogP) is -0.264. The van der Waals surface area contributed by atoms with Crippen LogP contribution in [-0.2, 0) is 9.47 Å². The van der Waals surface area contributed by atoms with Gasteiger partial charge in [-0.25, -0.2) is 0 Å². The van der Waals surface area contributed by atoms with E-state index >= 15 is 0 Å². The van der Waals surface area contributed by atoms with Crippen molar-refractivity contribution in [2.45, 2.75) is 38.4 Å². The highest BCUT2D eigenvalue weighted by Crippen LogP contribution is 2.25. The summed E-state index contributed by atoms with van der Waals surface area (Å²) in [6.45, 7) is 3.54. The van der Waals surface area contributed by atoms with Crippen LogP contribution in [0.2, 0.25) is 0 Å². The fourth-order valence-electron chi connectivity index (χ4n) is 1.44. The van der Waals surface area contributed by atoms with Gasteiger partial charge in [-0.3, -0.25) is 0 Å². The van der Waals surface area contributed by atoms with Crippen LogP contribution in [0.4, 0.5) is 0 Å². The number of ether oxygens (including phenoxy) is 2. The summed E-state index contributed by atoms with van der Waals surface area (Å²) in [5.41, 5.74) is 0. The largest absolute Gasteiger partial charge is 0.390 e. The standard InChI is InChI=1S/C8H16O4/c1-4-6(9)5(2)12-8(11-3)7(4)10/h4-10H,1-3H3/t4-,5+,6-,7+,8+/m0/s1. The Morgan fingerprint density at radius 1 is 1.17 bits per heavy atom. The number of hydrogen-bond acceptors (Lipinski definition) is 4. The number of aliphatic hydroxyl groups excluding tert-OH is 2. The van der Waals surface area contributed by atoms with Crippen molar-refractivity contribution < 1.29 is 19.7 Å². The SMILES string of the molecule is CO[C@@H]1O[C@H](C)[C@@H](O)[C@H](C)[C@H]1O. The molecule has 1 aliphatic heterocycles. The summed E-state index contributed by atoms with van der Waals surface area (Å²) in [6, 6.07) is 0. The quantitative estimate of drug-likeness (QED) is 0.577. The number of rotatable bonds is 1. The Bertz CT molecular complexity index is 145. The maximum Gasteiger partial charge on any atom is 0.183 e. The van der Waals surface area contributed by atoms with Crippen LogP contribution in [0.5, 0.6) is 0 Å². The molecule has 5 atom stereocenters. The molecule has 1 fully saturated rings. The van der Waals surface area contributed by atoms with Crippen LogP contribution in [0.3, 0.4) is 0 Å². The van der Waals surface area contributed by atoms with Crippen LogP contribution < -0.4 is 0 Å². The van der Waals surface area contributed by atoms with Gasteiger partial charge in [-0.1, -0.05) is 6.92 Å². The molecule has 0 radical (unpaired) electrons. The predicted molar refractivity (Wildman–Crippen MR) is 42.5 cm³/mol. The summed E-state index contributed by atoms with van der Waals surface area (Å²) in [6.07, 6.45) is -2.26. The maximum absolute atomic E-state index is 9.52. The molecule has 0 aromatic rings. The van der Waals surface area contributed by atoms with Gasteiger partial charge in [0.05, 0.1) is 12.2 Å². The zero-order chi connectivity index (χ0) is 9.30. The Kier molecular flexibility index (Phi) is 3.06. The Balaban J connectivity index is 2.63. The Hall–Kier alpha value is -0.160. The molecule has 4 nitrogen and oxygen atoms in total. The second kappa shape index (κ2) is 3.70. The van der Waals surface area contributed by atoms with Crippen molar-refractivity contribution in [1.29, 1.82) is 0 Å². The first-order chi connectivity index (χ1) is 5.57. The third-order valence-corrected chi connectivity index (χ3v) is 2.42. The van der Waals surface area contributed by atoms with E-state index in [4.69, 9.17) is 9.47 Å². The van der Waals surface area contributed by atoms with Crippen molar-refractivity contribution in [2.75, 3.05) is 7.11 Å². The minimum atomic E-state index is -0.749. The molecule has 4 heteroatoms. The summed E-state index contributed by atoms with van der Waals surface area (Å²) in [7, 11) is 1.48. The molecule has 72 valence electrons. The third kappa shape index (κ3) is 1.61. The van der Waals surface area contributed by atoms with Crippen LogP contribution in [0, 0.1) is 5.92 Å². The van der Waals surface area contributed by atoms with E-state index in [2.05, 4.69) is 0 Å². The van der Waals surface area contributed by atoms with Gasteiger partial charge in [0.2, 0.25) is 0 Å². The van der Waals surface area contributed by atoms with Crippen molar-refractivity contribution in [3.8, 4) is 0 Å². The molecule has 0 aromatic carbocycles. The molecule has 0 bridgehead atoms. The second-order valence-corrected chi connectivity index (χ2v) is 3.29. The zero-order valence-corrected chi connectivity index (χ0v) is 7.60. The first kappa shape index (κ1) is 9.92. The van der Waals surface area contributed by atoms with Crippen molar-refractivity contribution in [3.05, 3.63) is 0 Å². The highest BCUT2D eigenvalue weighted by atomic mass is 16.7. The van der Waals surface area contributed by atoms with E-state index in [1.807, 2.05) is 0 Å². The van der Waals surface area contributed by atoms with Gasteiger partial charge >= 0.3 is 0 Å². The van der Waals surface area contributed by atoms with Crippen molar-refractivity contribution in [1.82, 2.24) is 0 Å². The summed E-state index contributed by atoms with van der Waals surface area (Å²) in [5.74, 6) is -0.210. The van der Waals surface area contributed by atoms with Gasteiger partial charge in [0, 0.05) is 13.0 Å². The lowest BCUT2D eigenvalue weighted by Crippen LogP contribution is -2.52.